The zero-order valence-corrected chi connectivity index (χ0v) is 15.2. The summed E-state index contributed by atoms with van der Waals surface area (Å²) in [5, 5.41) is 3.43. The zero-order chi connectivity index (χ0) is 16.9. The Kier molecular flexibility index (Phi) is 6.23. The summed E-state index contributed by atoms with van der Waals surface area (Å²) >= 11 is 0. The molecule has 0 saturated carbocycles. The van der Waals surface area contributed by atoms with Gasteiger partial charge in [-0.15, -0.1) is 0 Å². The van der Waals surface area contributed by atoms with Gasteiger partial charge >= 0.3 is 0 Å². The number of hydrogen-bond donors (Lipinski definition) is 1. The number of benzene rings is 1. The molecule has 0 atom stereocenters. The van der Waals surface area contributed by atoms with Crippen molar-refractivity contribution in [3.05, 3.63) is 35.4 Å². The van der Waals surface area contributed by atoms with Crippen LogP contribution in [0.5, 0.6) is 0 Å². The number of piperidine rings is 1. The van der Waals surface area contributed by atoms with Gasteiger partial charge in [0.2, 0.25) is 5.91 Å². The topological polar surface area (TPSA) is 32.3 Å². The van der Waals surface area contributed by atoms with Crippen LogP contribution in [0.15, 0.2) is 24.3 Å². The first-order valence-corrected chi connectivity index (χ1v) is 9.08. The Morgan fingerprint density at radius 2 is 1.78 bits per heavy atom. The van der Waals surface area contributed by atoms with Crippen molar-refractivity contribution in [2.24, 2.45) is 5.92 Å². The highest BCUT2D eigenvalue weighted by atomic mass is 16.2. The lowest BCUT2D eigenvalue weighted by Crippen LogP contribution is -2.47. The predicted octanol–water partition coefficient (Wildman–Crippen LogP) is 3.37. The van der Waals surface area contributed by atoms with E-state index in [9.17, 15) is 4.79 Å². The Morgan fingerprint density at radius 3 is 2.30 bits per heavy atom. The van der Waals surface area contributed by atoms with Crippen LogP contribution in [0, 0.1) is 5.92 Å². The molecule has 1 aromatic rings. The minimum absolute atomic E-state index is 0.267. The first-order valence-electron chi connectivity index (χ1n) is 9.08. The number of hydrogen-bond acceptors (Lipinski definition) is 2. The third kappa shape index (κ3) is 4.35. The zero-order valence-electron chi connectivity index (χ0n) is 15.2. The molecule has 23 heavy (non-hydrogen) atoms. The van der Waals surface area contributed by atoms with Crippen molar-refractivity contribution in [2.45, 2.75) is 52.4 Å². The molecule has 0 aliphatic carbocycles. The number of rotatable bonds is 6. The second-order valence-corrected chi connectivity index (χ2v) is 7.22. The van der Waals surface area contributed by atoms with Crippen LogP contribution >= 0.6 is 0 Å². The van der Waals surface area contributed by atoms with E-state index in [1.54, 1.807) is 0 Å². The molecule has 1 N–H and O–H groups in total. The molecule has 0 aromatic heterocycles. The van der Waals surface area contributed by atoms with Gasteiger partial charge in [0.25, 0.3) is 0 Å². The van der Waals surface area contributed by atoms with E-state index < -0.39 is 5.41 Å². The molecule has 3 heteroatoms. The summed E-state index contributed by atoms with van der Waals surface area (Å²) in [6, 6.07) is 8.53. The smallest absolute Gasteiger partial charge is 0.232 e. The van der Waals surface area contributed by atoms with Crippen molar-refractivity contribution >= 4 is 5.91 Å². The molecule has 1 aliphatic heterocycles. The molecule has 128 valence electrons. The molecule has 1 amide bonds. The largest absolute Gasteiger partial charge is 0.342 e. The lowest BCUT2D eigenvalue weighted by Gasteiger charge is -2.37. The van der Waals surface area contributed by atoms with Crippen molar-refractivity contribution < 1.29 is 4.79 Å². The molecule has 1 saturated heterocycles. The molecule has 0 unspecified atom stereocenters. The lowest BCUT2D eigenvalue weighted by atomic mass is 9.82. The van der Waals surface area contributed by atoms with Crippen molar-refractivity contribution in [2.75, 3.05) is 26.2 Å². The van der Waals surface area contributed by atoms with Crippen LogP contribution in [-0.4, -0.2) is 37.0 Å². The van der Waals surface area contributed by atoms with E-state index in [0.717, 1.165) is 51.0 Å². The van der Waals surface area contributed by atoms with Crippen molar-refractivity contribution in [1.29, 1.82) is 0 Å². The van der Waals surface area contributed by atoms with E-state index in [2.05, 4.69) is 62.2 Å². The summed E-state index contributed by atoms with van der Waals surface area (Å²) in [4.78, 5) is 15.1. The highest BCUT2D eigenvalue weighted by molar-refractivity contribution is 5.87. The lowest BCUT2D eigenvalue weighted by molar-refractivity contribution is -0.137. The number of nitrogens with zero attached hydrogens (tertiary/aromatic N) is 1. The van der Waals surface area contributed by atoms with Crippen LogP contribution in [0.4, 0.5) is 0 Å². The van der Waals surface area contributed by atoms with Gasteiger partial charge in [-0.2, -0.15) is 0 Å². The fourth-order valence-corrected chi connectivity index (χ4v) is 3.36. The number of nitrogens with one attached hydrogen (secondary N) is 1. The highest BCUT2D eigenvalue weighted by Gasteiger charge is 2.35. The van der Waals surface area contributed by atoms with Gasteiger partial charge in [0, 0.05) is 13.1 Å². The third-order valence-corrected chi connectivity index (χ3v) is 5.20. The van der Waals surface area contributed by atoms with E-state index in [1.165, 1.54) is 5.56 Å². The first kappa shape index (κ1) is 18.0. The number of carbonyl (C=O) groups excluding carboxylic acids is 1. The minimum atomic E-state index is -0.444. The standard InChI is InChI=1S/C20H32N2O/c1-5-16-7-9-18(10-8-16)20(3,4)19(23)22-13-11-17(12-14-22)15-21-6-2/h7-10,17,21H,5-6,11-15H2,1-4H3. The Hall–Kier alpha value is -1.35. The average Bonchev–Trinajstić information content (AvgIpc) is 2.59. The normalized spacial score (nSPS) is 16.6. The molecular formula is C20H32N2O. The minimum Gasteiger partial charge on any atom is -0.342 e. The molecule has 1 aromatic carbocycles. The molecule has 1 heterocycles. The third-order valence-electron chi connectivity index (χ3n) is 5.20. The maximum absolute atomic E-state index is 13.0. The monoisotopic (exact) mass is 316 g/mol. The summed E-state index contributed by atoms with van der Waals surface area (Å²) < 4.78 is 0. The van der Waals surface area contributed by atoms with Gasteiger partial charge in [0.1, 0.15) is 0 Å². The quantitative estimate of drug-likeness (QED) is 0.872. The summed E-state index contributed by atoms with van der Waals surface area (Å²) in [5.41, 5.74) is 2.00. The Labute approximate surface area is 141 Å². The van der Waals surface area contributed by atoms with E-state index in [4.69, 9.17) is 0 Å². The van der Waals surface area contributed by atoms with Gasteiger partial charge in [-0.25, -0.2) is 0 Å². The highest BCUT2D eigenvalue weighted by Crippen LogP contribution is 2.28. The van der Waals surface area contributed by atoms with E-state index in [1.807, 2.05) is 0 Å². The summed E-state index contributed by atoms with van der Waals surface area (Å²) in [7, 11) is 0. The molecule has 1 aliphatic rings. The number of likely N-dealkylation sites (tertiary alicyclic amines) is 1. The van der Waals surface area contributed by atoms with Gasteiger partial charge in [0.05, 0.1) is 5.41 Å². The van der Waals surface area contributed by atoms with Crippen LogP contribution in [0.3, 0.4) is 0 Å². The van der Waals surface area contributed by atoms with E-state index >= 15 is 0 Å². The fraction of sp³-hybridized carbons (Fsp3) is 0.650. The second kappa shape index (κ2) is 7.96. The molecule has 1 fully saturated rings. The second-order valence-electron chi connectivity index (χ2n) is 7.22. The van der Waals surface area contributed by atoms with Crippen molar-refractivity contribution in [3.8, 4) is 0 Å². The van der Waals surface area contributed by atoms with Crippen LogP contribution in [0.25, 0.3) is 0 Å². The molecular weight excluding hydrogens is 284 g/mol. The van der Waals surface area contributed by atoms with E-state index in [-0.39, 0.29) is 5.91 Å². The molecule has 0 bridgehead atoms. The Balaban J connectivity index is 1.98. The molecule has 0 spiro atoms. The number of carbonyl (C=O) groups is 1. The fourth-order valence-electron chi connectivity index (χ4n) is 3.36. The molecule has 3 nitrogen and oxygen atoms in total. The molecule has 0 radical (unpaired) electrons. The van der Waals surface area contributed by atoms with Crippen molar-refractivity contribution in [3.63, 3.8) is 0 Å². The van der Waals surface area contributed by atoms with Crippen LogP contribution < -0.4 is 5.32 Å². The van der Waals surface area contributed by atoms with Gasteiger partial charge < -0.3 is 10.2 Å². The van der Waals surface area contributed by atoms with Crippen LogP contribution in [0.2, 0.25) is 0 Å². The first-order chi connectivity index (χ1) is 11.0. The number of aryl methyl sites for hydroxylation is 1. The van der Waals surface area contributed by atoms with Crippen LogP contribution in [0.1, 0.15) is 51.7 Å². The summed E-state index contributed by atoms with van der Waals surface area (Å²) in [6.45, 7) is 12.3. The maximum Gasteiger partial charge on any atom is 0.232 e. The predicted molar refractivity (Wildman–Crippen MR) is 96.7 cm³/mol. The van der Waals surface area contributed by atoms with Gasteiger partial charge in [-0.3, -0.25) is 4.79 Å². The summed E-state index contributed by atoms with van der Waals surface area (Å²) in [6.07, 6.45) is 3.27. The van der Waals surface area contributed by atoms with Crippen LogP contribution in [-0.2, 0) is 16.6 Å². The van der Waals surface area contributed by atoms with Gasteiger partial charge in [0.15, 0.2) is 0 Å². The average molecular weight is 316 g/mol. The van der Waals surface area contributed by atoms with Gasteiger partial charge in [-0.1, -0.05) is 38.1 Å². The summed E-state index contributed by atoms with van der Waals surface area (Å²) in [5.74, 6) is 0.981. The van der Waals surface area contributed by atoms with E-state index in [0.29, 0.717) is 5.92 Å². The molecule has 2 rings (SSSR count). The number of amides is 1. The van der Waals surface area contributed by atoms with Crippen molar-refractivity contribution in [1.82, 2.24) is 10.2 Å². The SMILES string of the molecule is CCNCC1CCN(C(=O)C(C)(C)c2ccc(CC)cc2)CC1. The Morgan fingerprint density at radius 1 is 1.17 bits per heavy atom. The maximum atomic E-state index is 13.0. The Bertz CT molecular complexity index is 499. The van der Waals surface area contributed by atoms with Gasteiger partial charge in [-0.05, 0) is 63.2 Å².